The molecule has 0 aliphatic heterocycles. The topological polar surface area (TPSA) is 78.9 Å². The van der Waals surface area contributed by atoms with Crippen LogP contribution in [0, 0.1) is 0 Å². The second-order valence-corrected chi connectivity index (χ2v) is 22.0. The van der Waals surface area contributed by atoms with Gasteiger partial charge in [0, 0.05) is 19.3 Å². The quantitative estimate of drug-likeness (QED) is 0.0261. The van der Waals surface area contributed by atoms with Crippen LogP contribution in [0.15, 0.2) is 60.8 Å². The number of esters is 3. The molecular weight excluding hydrogens is 925 g/mol. The van der Waals surface area contributed by atoms with E-state index in [9.17, 15) is 14.4 Å². The Kier molecular flexibility index (Phi) is 61.2. The van der Waals surface area contributed by atoms with Gasteiger partial charge in [-0.25, -0.2) is 0 Å². The van der Waals surface area contributed by atoms with E-state index in [-0.39, 0.29) is 31.1 Å². The van der Waals surface area contributed by atoms with Gasteiger partial charge in [-0.3, -0.25) is 14.4 Å². The van der Waals surface area contributed by atoms with E-state index >= 15 is 0 Å². The Morgan fingerprint density at radius 1 is 0.280 bits per heavy atom. The van der Waals surface area contributed by atoms with E-state index in [1.165, 1.54) is 212 Å². The molecule has 0 heterocycles. The molecule has 1 unspecified atom stereocenters. The van der Waals surface area contributed by atoms with Gasteiger partial charge >= 0.3 is 17.9 Å². The van der Waals surface area contributed by atoms with Crippen molar-refractivity contribution in [3.05, 3.63) is 60.8 Å². The summed E-state index contributed by atoms with van der Waals surface area (Å²) in [6.45, 7) is 6.54. The lowest BCUT2D eigenvalue weighted by Gasteiger charge is -2.18. The zero-order chi connectivity index (χ0) is 54.3. The summed E-state index contributed by atoms with van der Waals surface area (Å²) in [6.07, 6.45) is 81.2. The van der Waals surface area contributed by atoms with Crippen molar-refractivity contribution in [1.82, 2.24) is 0 Å². The van der Waals surface area contributed by atoms with E-state index < -0.39 is 6.10 Å². The normalized spacial score (nSPS) is 12.4. The Bertz CT molecular complexity index is 1340. The van der Waals surface area contributed by atoms with Gasteiger partial charge in [-0.05, 0) is 83.5 Å². The number of carbonyl (C=O) groups excluding carboxylic acids is 3. The molecule has 6 nitrogen and oxygen atoms in total. The summed E-state index contributed by atoms with van der Waals surface area (Å²) in [5.41, 5.74) is 0. The molecule has 75 heavy (non-hydrogen) atoms. The molecule has 0 aromatic heterocycles. The summed E-state index contributed by atoms with van der Waals surface area (Å²) in [5, 5.41) is 0. The monoisotopic (exact) mass is 1050 g/mol. The Balaban J connectivity index is 4.03. The highest BCUT2D eigenvalue weighted by Gasteiger charge is 2.19. The van der Waals surface area contributed by atoms with E-state index in [1.807, 2.05) is 0 Å². The predicted octanol–water partition coefficient (Wildman–Crippen LogP) is 22.3. The third kappa shape index (κ3) is 61.8. The molecule has 0 saturated heterocycles. The zero-order valence-corrected chi connectivity index (χ0v) is 50.1. The molecule has 0 bridgehead atoms. The standard InChI is InChI=1S/C69H124O6/c1-4-7-10-13-16-19-21-23-25-26-27-28-29-30-31-32-33-34-35-36-37-38-39-40-41-42-44-45-47-50-53-56-59-62-68(71)74-65-66(64-73-67(70)61-58-55-52-49-18-15-12-9-6-3)75-69(72)63-60-57-54-51-48-46-43-24-22-20-17-14-11-8-5-2/h7,10,16,19,23-25,27-28,43,66H,4-6,8-9,11-15,17-18,20-22,26,29-42,44-65H2,1-3H3/b10-7-,19-16-,25-23-,28-27-,43-24-. The Labute approximate surface area is 466 Å². The van der Waals surface area contributed by atoms with Gasteiger partial charge in [0.2, 0.25) is 0 Å². The first-order valence-corrected chi connectivity index (χ1v) is 32.8. The summed E-state index contributed by atoms with van der Waals surface area (Å²) in [6, 6.07) is 0. The van der Waals surface area contributed by atoms with Crippen LogP contribution in [-0.2, 0) is 28.6 Å². The minimum Gasteiger partial charge on any atom is -0.462 e. The summed E-state index contributed by atoms with van der Waals surface area (Å²) in [7, 11) is 0. The van der Waals surface area contributed by atoms with Gasteiger partial charge < -0.3 is 14.2 Å². The minimum absolute atomic E-state index is 0.0719. The van der Waals surface area contributed by atoms with Gasteiger partial charge in [0.05, 0.1) is 0 Å². The summed E-state index contributed by atoms with van der Waals surface area (Å²) in [4.78, 5) is 38.1. The average Bonchev–Trinajstić information content (AvgIpc) is 3.41. The molecule has 0 rings (SSSR count). The van der Waals surface area contributed by atoms with Gasteiger partial charge in [-0.2, -0.15) is 0 Å². The van der Waals surface area contributed by atoms with Gasteiger partial charge in [-0.1, -0.05) is 300 Å². The molecule has 0 fully saturated rings. The third-order valence-corrected chi connectivity index (χ3v) is 14.5. The number of allylic oxidation sites excluding steroid dienone is 10. The number of unbranched alkanes of at least 4 members (excludes halogenated alkanes) is 39. The maximum Gasteiger partial charge on any atom is 0.306 e. The molecule has 0 N–H and O–H groups in total. The predicted molar refractivity (Wildman–Crippen MR) is 325 cm³/mol. The molecular formula is C69H124O6. The highest BCUT2D eigenvalue weighted by molar-refractivity contribution is 5.71. The molecule has 0 radical (unpaired) electrons. The first kappa shape index (κ1) is 72.1. The van der Waals surface area contributed by atoms with E-state index in [4.69, 9.17) is 14.2 Å². The number of carbonyl (C=O) groups is 3. The number of rotatable bonds is 60. The van der Waals surface area contributed by atoms with Crippen LogP contribution in [0.1, 0.15) is 342 Å². The van der Waals surface area contributed by atoms with Gasteiger partial charge in [0.15, 0.2) is 6.10 Å². The lowest BCUT2D eigenvalue weighted by molar-refractivity contribution is -0.167. The van der Waals surface area contributed by atoms with Crippen molar-refractivity contribution in [1.29, 1.82) is 0 Å². The van der Waals surface area contributed by atoms with Crippen molar-refractivity contribution < 1.29 is 28.6 Å². The lowest BCUT2D eigenvalue weighted by atomic mass is 10.0. The van der Waals surface area contributed by atoms with E-state index in [0.717, 1.165) is 89.9 Å². The van der Waals surface area contributed by atoms with Crippen LogP contribution in [0.3, 0.4) is 0 Å². The number of hydrogen-bond donors (Lipinski definition) is 0. The second kappa shape index (κ2) is 63.6. The molecule has 0 spiro atoms. The van der Waals surface area contributed by atoms with E-state index in [2.05, 4.69) is 81.5 Å². The van der Waals surface area contributed by atoms with E-state index in [0.29, 0.717) is 19.3 Å². The molecule has 0 saturated carbocycles. The lowest BCUT2D eigenvalue weighted by Crippen LogP contribution is -2.30. The van der Waals surface area contributed by atoms with Crippen LogP contribution in [-0.4, -0.2) is 37.2 Å². The molecule has 0 aliphatic carbocycles. The van der Waals surface area contributed by atoms with Gasteiger partial charge in [0.25, 0.3) is 0 Å². The van der Waals surface area contributed by atoms with Gasteiger partial charge in [-0.15, -0.1) is 0 Å². The van der Waals surface area contributed by atoms with Crippen LogP contribution in [0.4, 0.5) is 0 Å². The first-order chi connectivity index (χ1) is 37.0. The molecule has 1 atom stereocenters. The zero-order valence-electron chi connectivity index (χ0n) is 50.1. The maximum atomic E-state index is 12.8. The minimum atomic E-state index is -0.773. The molecule has 436 valence electrons. The number of hydrogen-bond acceptors (Lipinski definition) is 6. The summed E-state index contributed by atoms with van der Waals surface area (Å²) in [5.74, 6) is -0.864. The highest BCUT2D eigenvalue weighted by Crippen LogP contribution is 2.17. The molecule has 0 aromatic carbocycles. The molecule has 0 aromatic rings. The van der Waals surface area contributed by atoms with Crippen molar-refractivity contribution in [2.45, 2.75) is 348 Å². The Morgan fingerprint density at radius 2 is 0.520 bits per heavy atom. The molecule has 0 amide bonds. The first-order valence-electron chi connectivity index (χ1n) is 32.8. The third-order valence-electron chi connectivity index (χ3n) is 14.5. The van der Waals surface area contributed by atoms with Crippen molar-refractivity contribution in [3.8, 4) is 0 Å². The Hall–Kier alpha value is -2.89. The fourth-order valence-corrected chi connectivity index (χ4v) is 9.61. The van der Waals surface area contributed by atoms with E-state index in [1.54, 1.807) is 0 Å². The summed E-state index contributed by atoms with van der Waals surface area (Å²) >= 11 is 0. The SMILES string of the molecule is CC/C=C\C/C=C\C/C=C\C/C=C\CCCCCCCCCCCCCCCCCCCCCCC(=O)OCC(COC(=O)CCCCCCCCCCC)OC(=O)CCCCCCC/C=C\CCCCCCCC. The smallest absolute Gasteiger partial charge is 0.306 e. The van der Waals surface area contributed by atoms with Gasteiger partial charge in [0.1, 0.15) is 13.2 Å². The summed E-state index contributed by atoms with van der Waals surface area (Å²) < 4.78 is 16.9. The fraction of sp³-hybridized carbons (Fsp3) is 0.812. The van der Waals surface area contributed by atoms with Crippen molar-refractivity contribution in [3.63, 3.8) is 0 Å². The molecule has 0 aliphatic rings. The van der Waals surface area contributed by atoms with Crippen molar-refractivity contribution >= 4 is 17.9 Å². The maximum absolute atomic E-state index is 12.8. The second-order valence-electron chi connectivity index (χ2n) is 22.0. The fourth-order valence-electron chi connectivity index (χ4n) is 9.61. The van der Waals surface area contributed by atoms with Crippen LogP contribution in [0.2, 0.25) is 0 Å². The molecule has 6 heteroatoms. The van der Waals surface area contributed by atoms with Crippen LogP contribution >= 0.6 is 0 Å². The largest absolute Gasteiger partial charge is 0.462 e. The number of ether oxygens (including phenoxy) is 3. The van der Waals surface area contributed by atoms with Crippen LogP contribution < -0.4 is 0 Å². The average molecular weight is 1050 g/mol. The Morgan fingerprint density at radius 3 is 0.827 bits per heavy atom. The van der Waals surface area contributed by atoms with Crippen molar-refractivity contribution in [2.75, 3.05) is 13.2 Å². The van der Waals surface area contributed by atoms with Crippen LogP contribution in [0.25, 0.3) is 0 Å². The highest BCUT2D eigenvalue weighted by atomic mass is 16.6. The van der Waals surface area contributed by atoms with Crippen molar-refractivity contribution in [2.24, 2.45) is 0 Å². The van der Waals surface area contributed by atoms with Crippen LogP contribution in [0.5, 0.6) is 0 Å².